The second-order valence-electron chi connectivity index (χ2n) is 4.38. The minimum Gasteiger partial charge on any atom is -0.481 e. The zero-order valence-corrected chi connectivity index (χ0v) is 10.1. The highest BCUT2D eigenvalue weighted by molar-refractivity contribution is 6.30. The largest absolute Gasteiger partial charge is 0.481 e. The van der Waals surface area contributed by atoms with E-state index < -0.39 is 0 Å². The number of halogens is 1. The van der Waals surface area contributed by atoms with Crippen LogP contribution in [0.5, 0.6) is 5.75 Å². The average Bonchev–Trinajstić information content (AvgIpc) is 2.12. The molecule has 0 aliphatic rings. The molecule has 0 saturated heterocycles. The lowest BCUT2D eigenvalue weighted by Crippen LogP contribution is -2.13. The molecule has 0 atom stereocenters. The van der Waals surface area contributed by atoms with Crippen LogP contribution in [0.2, 0.25) is 5.02 Å². The maximum atomic E-state index is 5.91. The lowest BCUT2D eigenvalue weighted by Gasteiger charge is -2.22. The van der Waals surface area contributed by atoms with Gasteiger partial charge in [-0.05, 0) is 23.1 Å². The van der Waals surface area contributed by atoms with Crippen molar-refractivity contribution in [3.05, 3.63) is 28.8 Å². The van der Waals surface area contributed by atoms with Crippen molar-refractivity contribution in [2.45, 2.75) is 26.2 Å². The molecule has 0 saturated carbocycles. The number of hydrogen-bond acceptors (Lipinski definition) is 1. The summed E-state index contributed by atoms with van der Waals surface area (Å²) in [6.07, 6.45) is 5.17. The number of rotatable bonds is 2. The minimum absolute atomic E-state index is 0.0223. The fourth-order valence-electron chi connectivity index (χ4n) is 1.35. The maximum absolute atomic E-state index is 5.91. The predicted octanol–water partition coefficient (Wildman–Crippen LogP) is 3.65. The smallest absolute Gasteiger partial charge is 0.148 e. The molecule has 0 aliphatic carbocycles. The van der Waals surface area contributed by atoms with Crippen LogP contribution >= 0.6 is 11.6 Å². The first-order valence-corrected chi connectivity index (χ1v) is 5.19. The van der Waals surface area contributed by atoms with Crippen molar-refractivity contribution in [1.29, 1.82) is 0 Å². The summed E-state index contributed by atoms with van der Waals surface area (Å²) in [6, 6.07) is 5.65. The molecule has 0 fully saturated rings. The molecule has 0 radical (unpaired) electrons. The first kappa shape index (κ1) is 11.9. The molecule has 0 aliphatic heterocycles. The number of ether oxygens (including phenoxy) is 1. The van der Waals surface area contributed by atoms with Gasteiger partial charge in [-0.2, -0.15) is 0 Å². The van der Waals surface area contributed by atoms with E-state index >= 15 is 0 Å². The molecule has 1 nitrogen and oxygen atoms in total. The molecular formula is C13H15ClO. The quantitative estimate of drug-likeness (QED) is 0.695. The third kappa shape index (κ3) is 3.18. The van der Waals surface area contributed by atoms with Gasteiger partial charge in [-0.1, -0.05) is 44.4 Å². The van der Waals surface area contributed by atoms with Gasteiger partial charge in [-0.25, -0.2) is 0 Å². The Bertz CT molecular complexity index is 383. The van der Waals surface area contributed by atoms with Gasteiger partial charge in [0.15, 0.2) is 0 Å². The Morgan fingerprint density at radius 1 is 1.40 bits per heavy atom. The zero-order chi connectivity index (χ0) is 11.5. The molecule has 80 valence electrons. The Balaban J connectivity index is 3.10. The monoisotopic (exact) mass is 222 g/mol. The van der Waals surface area contributed by atoms with Gasteiger partial charge >= 0.3 is 0 Å². The van der Waals surface area contributed by atoms with Gasteiger partial charge in [0.05, 0.1) is 0 Å². The SMILES string of the molecule is C#CCOc1cc(Cl)ccc1C(C)(C)C. The van der Waals surface area contributed by atoms with Crippen molar-refractivity contribution in [3.8, 4) is 18.1 Å². The van der Waals surface area contributed by atoms with Gasteiger partial charge in [-0.15, -0.1) is 6.42 Å². The van der Waals surface area contributed by atoms with E-state index in [-0.39, 0.29) is 12.0 Å². The van der Waals surface area contributed by atoms with Crippen LogP contribution in [-0.4, -0.2) is 6.61 Å². The topological polar surface area (TPSA) is 9.23 Å². The molecule has 0 N–H and O–H groups in total. The van der Waals surface area contributed by atoms with E-state index in [9.17, 15) is 0 Å². The summed E-state index contributed by atoms with van der Waals surface area (Å²) in [6.45, 7) is 6.64. The van der Waals surface area contributed by atoms with E-state index in [0.29, 0.717) is 5.02 Å². The Hall–Kier alpha value is -1.13. The van der Waals surface area contributed by atoms with E-state index in [1.165, 1.54) is 0 Å². The van der Waals surface area contributed by atoms with Crippen LogP contribution in [0.25, 0.3) is 0 Å². The van der Waals surface area contributed by atoms with E-state index in [4.69, 9.17) is 22.8 Å². The number of terminal acetylenes is 1. The molecule has 0 bridgehead atoms. The van der Waals surface area contributed by atoms with Crippen LogP contribution < -0.4 is 4.74 Å². The average molecular weight is 223 g/mol. The third-order valence-electron chi connectivity index (χ3n) is 2.06. The van der Waals surface area contributed by atoms with Gasteiger partial charge in [0.2, 0.25) is 0 Å². The maximum Gasteiger partial charge on any atom is 0.148 e. The molecule has 1 rings (SSSR count). The van der Waals surface area contributed by atoms with Crippen LogP contribution in [0.1, 0.15) is 26.3 Å². The van der Waals surface area contributed by atoms with E-state index in [1.807, 2.05) is 12.1 Å². The summed E-state index contributed by atoms with van der Waals surface area (Å²) in [7, 11) is 0. The van der Waals surface area contributed by atoms with Gasteiger partial charge in [-0.3, -0.25) is 0 Å². The van der Waals surface area contributed by atoms with Crippen molar-refractivity contribution in [2.24, 2.45) is 0 Å². The van der Waals surface area contributed by atoms with Crippen LogP contribution in [0.15, 0.2) is 18.2 Å². The van der Waals surface area contributed by atoms with E-state index in [2.05, 4.69) is 26.7 Å². The van der Waals surface area contributed by atoms with Crippen molar-refractivity contribution in [3.63, 3.8) is 0 Å². The molecule has 0 amide bonds. The van der Waals surface area contributed by atoms with Crippen LogP contribution in [0, 0.1) is 12.3 Å². The molecular weight excluding hydrogens is 208 g/mol. The number of benzene rings is 1. The van der Waals surface area contributed by atoms with E-state index in [1.54, 1.807) is 6.07 Å². The standard InChI is InChI=1S/C13H15ClO/c1-5-8-15-12-9-10(14)6-7-11(12)13(2,3)4/h1,6-7,9H,8H2,2-4H3. The highest BCUT2D eigenvalue weighted by atomic mass is 35.5. The minimum atomic E-state index is 0.0223. The van der Waals surface area contributed by atoms with Gasteiger partial charge in [0.25, 0.3) is 0 Å². The summed E-state index contributed by atoms with van der Waals surface area (Å²) in [5, 5.41) is 0.662. The second-order valence-corrected chi connectivity index (χ2v) is 4.82. The molecule has 1 aromatic carbocycles. The van der Waals surface area contributed by atoms with Crippen LogP contribution in [-0.2, 0) is 5.41 Å². The Morgan fingerprint density at radius 2 is 2.07 bits per heavy atom. The lowest BCUT2D eigenvalue weighted by molar-refractivity contribution is 0.357. The van der Waals surface area contributed by atoms with Crippen LogP contribution in [0.4, 0.5) is 0 Å². The first-order valence-electron chi connectivity index (χ1n) is 4.81. The lowest BCUT2D eigenvalue weighted by atomic mass is 9.86. The second kappa shape index (κ2) is 4.59. The van der Waals surface area contributed by atoms with Crippen LogP contribution in [0.3, 0.4) is 0 Å². The normalized spacial score (nSPS) is 10.9. The first-order chi connectivity index (χ1) is 6.95. The van der Waals surface area contributed by atoms with Crippen molar-refractivity contribution < 1.29 is 4.74 Å². The molecule has 0 aromatic heterocycles. The zero-order valence-electron chi connectivity index (χ0n) is 9.30. The van der Waals surface area contributed by atoms with Gasteiger partial charge in [0.1, 0.15) is 12.4 Å². The summed E-state index contributed by atoms with van der Waals surface area (Å²) >= 11 is 5.91. The van der Waals surface area contributed by atoms with E-state index in [0.717, 1.165) is 11.3 Å². The van der Waals surface area contributed by atoms with Gasteiger partial charge in [0, 0.05) is 5.02 Å². The summed E-state index contributed by atoms with van der Waals surface area (Å²) in [5.41, 5.74) is 1.14. The molecule has 0 heterocycles. The Kier molecular flexibility index (Phi) is 3.66. The van der Waals surface area contributed by atoms with Crippen molar-refractivity contribution >= 4 is 11.6 Å². The molecule has 0 unspecified atom stereocenters. The fourth-order valence-corrected chi connectivity index (χ4v) is 1.52. The molecule has 0 spiro atoms. The fraction of sp³-hybridized carbons (Fsp3) is 0.385. The molecule has 15 heavy (non-hydrogen) atoms. The number of hydrogen-bond donors (Lipinski definition) is 0. The van der Waals surface area contributed by atoms with Gasteiger partial charge < -0.3 is 4.74 Å². The van der Waals surface area contributed by atoms with Crippen molar-refractivity contribution in [2.75, 3.05) is 6.61 Å². The summed E-state index contributed by atoms with van der Waals surface area (Å²) in [5.74, 6) is 3.22. The highest BCUT2D eigenvalue weighted by Gasteiger charge is 2.18. The predicted molar refractivity (Wildman–Crippen MR) is 64.5 cm³/mol. The Labute approximate surface area is 96.4 Å². The molecule has 1 aromatic rings. The summed E-state index contributed by atoms with van der Waals surface area (Å²) in [4.78, 5) is 0. The highest BCUT2D eigenvalue weighted by Crippen LogP contribution is 2.33. The summed E-state index contributed by atoms with van der Waals surface area (Å²) < 4.78 is 5.47. The Morgan fingerprint density at radius 3 is 2.60 bits per heavy atom. The molecule has 2 heteroatoms. The third-order valence-corrected chi connectivity index (χ3v) is 2.30. The van der Waals surface area contributed by atoms with Crippen molar-refractivity contribution in [1.82, 2.24) is 0 Å².